The van der Waals surface area contributed by atoms with E-state index >= 15 is 0 Å². The van der Waals surface area contributed by atoms with Crippen molar-refractivity contribution in [2.45, 2.75) is 65.5 Å². The minimum absolute atomic E-state index is 0.156. The summed E-state index contributed by atoms with van der Waals surface area (Å²) in [5.74, 6) is -0.156. The third-order valence-electron chi connectivity index (χ3n) is 4.90. The third kappa shape index (κ3) is 9.01. The summed E-state index contributed by atoms with van der Waals surface area (Å²) in [5, 5.41) is 5.17. The molecule has 0 atom stereocenters. The van der Waals surface area contributed by atoms with Crippen molar-refractivity contribution in [3.63, 3.8) is 0 Å². The molecule has 0 saturated heterocycles. The predicted octanol–water partition coefficient (Wildman–Crippen LogP) is 8.14. The van der Waals surface area contributed by atoms with Crippen LogP contribution in [0, 0.1) is 0 Å². The van der Waals surface area contributed by atoms with Gasteiger partial charge in [0.15, 0.2) is 5.13 Å². The van der Waals surface area contributed by atoms with E-state index in [1.54, 1.807) is 23.8 Å². The number of hydrogen-bond acceptors (Lipinski definition) is 7. The van der Waals surface area contributed by atoms with Crippen LogP contribution < -0.4 is 14.8 Å². The Hall–Kier alpha value is -2.88. The summed E-state index contributed by atoms with van der Waals surface area (Å²) in [6, 6.07) is 4.21. The van der Waals surface area contributed by atoms with Crippen molar-refractivity contribution in [2.75, 3.05) is 19.0 Å². The maximum atomic E-state index is 13.6. The van der Waals surface area contributed by atoms with E-state index < -0.39 is 11.7 Å². The zero-order valence-corrected chi connectivity index (χ0v) is 21.4. The fourth-order valence-corrected chi connectivity index (χ4v) is 3.90. The summed E-state index contributed by atoms with van der Waals surface area (Å²) >= 11 is 1.27. The van der Waals surface area contributed by atoms with Gasteiger partial charge in [0, 0.05) is 29.0 Å². The Morgan fingerprint density at radius 1 is 1.00 bits per heavy atom. The molecular formula is C25H33F3N4O2S. The molecule has 1 N–H and O–H groups in total. The summed E-state index contributed by atoms with van der Waals surface area (Å²) in [6.07, 6.45) is 4.86. The molecule has 6 nitrogen and oxygen atoms in total. The average molecular weight is 511 g/mol. The number of anilines is 2. The number of benzene rings is 1. The summed E-state index contributed by atoms with van der Waals surface area (Å²) in [5.41, 5.74) is 0.759. The maximum Gasteiger partial charge on any atom is 0.420 e. The van der Waals surface area contributed by atoms with Gasteiger partial charge in [-0.3, -0.25) is 0 Å². The Morgan fingerprint density at radius 3 is 2.34 bits per heavy atom. The van der Waals surface area contributed by atoms with E-state index in [9.17, 15) is 13.2 Å². The van der Waals surface area contributed by atoms with E-state index in [4.69, 9.17) is 9.47 Å². The zero-order valence-electron chi connectivity index (χ0n) is 20.6. The molecule has 0 aliphatic rings. The molecule has 0 bridgehead atoms. The second kappa shape index (κ2) is 14.5. The van der Waals surface area contributed by atoms with Crippen LogP contribution in [0.3, 0.4) is 0 Å². The van der Waals surface area contributed by atoms with Crippen LogP contribution in [0.2, 0.25) is 0 Å². The number of halogens is 3. The minimum Gasteiger partial charge on any atom is -0.493 e. The van der Waals surface area contributed by atoms with Crippen molar-refractivity contribution in [3.05, 3.63) is 41.5 Å². The first-order chi connectivity index (χ1) is 16.9. The smallest absolute Gasteiger partial charge is 0.420 e. The van der Waals surface area contributed by atoms with Crippen LogP contribution in [0.4, 0.5) is 24.0 Å². The number of ether oxygens (including phenoxy) is 2. The molecular weight excluding hydrogens is 477 g/mol. The molecule has 35 heavy (non-hydrogen) atoms. The molecule has 0 aliphatic heterocycles. The van der Waals surface area contributed by atoms with Gasteiger partial charge in [-0.15, -0.1) is 11.3 Å². The standard InChI is InChI=1S/C23H27F3N4O2S.C2H6/c1-3-4-5-6-7-8-11-32-20-10-9-17(12-18(20)23(24,25)26)29-22-30-19(15-33-22)16-13-27-21(31-2)28-14-16;1-2/h9-10,12-15H,3-8,11H2,1-2H3,(H,29,30);1-2H3. The molecule has 0 unspecified atom stereocenters. The van der Waals surface area contributed by atoms with Crippen molar-refractivity contribution >= 4 is 22.2 Å². The fourth-order valence-electron chi connectivity index (χ4n) is 3.16. The van der Waals surface area contributed by atoms with Crippen LogP contribution in [0.15, 0.2) is 36.0 Å². The van der Waals surface area contributed by atoms with Crippen LogP contribution in [0.1, 0.15) is 64.9 Å². The van der Waals surface area contributed by atoms with Gasteiger partial charge < -0.3 is 14.8 Å². The molecule has 3 aromatic rings. The highest BCUT2D eigenvalue weighted by Gasteiger charge is 2.34. The van der Waals surface area contributed by atoms with Gasteiger partial charge in [0.25, 0.3) is 0 Å². The van der Waals surface area contributed by atoms with Gasteiger partial charge in [-0.1, -0.05) is 52.9 Å². The second-order valence-corrected chi connectivity index (χ2v) is 8.30. The normalized spacial score (nSPS) is 10.9. The largest absolute Gasteiger partial charge is 0.493 e. The van der Waals surface area contributed by atoms with Gasteiger partial charge >= 0.3 is 12.2 Å². The van der Waals surface area contributed by atoms with E-state index in [-0.39, 0.29) is 24.1 Å². The lowest BCUT2D eigenvalue weighted by atomic mass is 10.1. The van der Waals surface area contributed by atoms with Crippen molar-refractivity contribution in [1.29, 1.82) is 0 Å². The predicted molar refractivity (Wildman–Crippen MR) is 135 cm³/mol. The van der Waals surface area contributed by atoms with Gasteiger partial charge in [0.2, 0.25) is 0 Å². The number of nitrogens with one attached hydrogen (secondary N) is 1. The van der Waals surface area contributed by atoms with E-state index in [1.165, 1.54) is 30.9 Å². The van der Waals surface area contributed by atoms with E-state index in [2.05, 4.69) is 27.2 Å². The van der Waals surface area contributed by atoms with Gasteiger partial charge in [-0.25, -0.2) is 15.0 Å². The van der Waals surface area contributed by atoms with Gasteiger partial charge in [0.05, 0.1) is 25.0 Å². The SMILES string of the molecule is CC.CCCCCCCCOc1ccc(Nc2nc(-c3cnc(OC)nc3)cs2)cc1C(F)(F)F. The number of rotatable bonds is 12. The monoisotopic (exact) mass is 510 g/mol. The lowest BCUT2D eigenvalue weighted by Crippen LogP contribution is -2.10. The van der Waals surface area contributed by atoms with Crippen molar-refractivity contribution in [1.82, 2.24) is 15.0 Å². The number of aromatic nitrogens is 3. The zero-order chi connectivity index (χ0) is 25.7. The molecule has 2 aromatic heterocycles. The molecule has 0 saturated carbocycles. The topological polar surface area (TPSA) is 69.2 Å². The number of alkyl halides is 3. The van der Waals surface area contributed by atoms with Crippen LogP contribution in [0.25, 0.3) is 11.3 Å². The first-order valence-electron chi connectivity index (χ1n) is 11.8. The van der Waals surface area contributed by atoms with Crippen molar-refractivity contribution in [3.8, 4) is 23.0 Å². The molecule has 1 aromatic carbocycles. The van der Waals surface area contributed by atoms with E-state index in [0.717, 1.165) is 38.2 Å². The number of hydrogen-bond donors (Lipinski definition) is 1. The average Bonchev–Trinajstić information content (AvgIpc) is 3.33. The van der Waals surface area contributed by atoms with Gasteiger partial charge in [-0.05, 0) is 24.6 Å². The first kappa shape index (κ1) is 28.4. The lowest BCUT2D eigenvalue weighted by Gasteiger charge is -2.15. The molecule has 192 valence electrons. The van der Waals surface area contributed by atoms with Crippen LogP contribution in [0.5, 0.6) is 11.8 Å². The number of methoxy groups -OCH3 is 1. The van der Waals surface area contributed by atoms with E-state index in [1.807, 2.05) is 13.8 Å². The summed E-state index contributed by atoms with van der Waals surface area (Å²) in [6.45, 7) is 6.41. The molecule has 3 rings (SSSR count). The number of thiazole rings is 1. The van der Waals surface area contributed by atoms with Crippen molar-refractivity contribution in [2.24, 2.45) is 0 Å². The molecule has 0 fully saturated rings. The third-order valence-corrected chi connectivity index (χ3v) is 5.66. The Balaban J connectivity index is 0.00000210. The van der Waals surface area contributed by atoms with Crippen LogP contribution in [-0.4, -0.2) is 28.7 Å². The highest BCUT2D eigenvalue weighted by Crippen LogP contribution is 2.39. The number of nitrogens with zero attached hydrogens (tertiary/aromatic N) is 3. The highest BCUT2D eigenvalue weighted by atomic mass is 32.1. The first-order valence-corrected chi connectivity index (χ1v) is 12.7. The Kier molecular flexibility index (Phi) is 11.8. The Morgan fingerprint density at radius 2 is 1.69 bits per heavy atom. The summed E-state index contributed by atoms with van der Waals surface area (Å²) in [4.78, 5) is 12.5. The Bertz CT molecular complexity index is 1010. The number of unbranched alkanes of at least 4 members (excludes halogenated alkanes) is 5. The second-order valence-electron chi connectivity index (χ2n) is 7.45. The van der Waals surface area contributed by atoms with Crippen LogP contribution >= 0.6 is 11.3 Å². The van der Waals surface area contributed by atoms with Crippen LogP contribution in [-0.2, 0) is 6.18 Å². The maximum absolute atomic E-state index is 13.6. The van der Waals surface area contributed by atoms with Gasteiger partial charge in [0.1, 0.15) is 5.75 Å². The van der Waals surface area contributed by atoms with Crippen molar-refractivity contribution < 1.29 is 22.6 Å². The highest BCUT2D eigenvalue weighted by molar-refractivity contribution is 7.14. The molecule has 0 spiro atoms. The summed E-state index contributed by atoms with van der Waals surface area (Å²) in [7, 11) is 1.47. The fraction of sp³-hybridized carbons (Fsp3) is 0.480. The van der Waals surface area contributed by atoms with E-state index in [0.29, 0.717) is 16.4 Å². The molecule has 0 amide bonds. The molecule has 10 heteroatoms. The molecule has 0 radical (unpaired) electrons. The molecule has 0 aliphatic carbocycles. The van der Waals surface area contributed by atoms with Gasteiger partial charge in [-0.2, -0.15) is 13.2 Å². The quantitative estimate of drug-likeness (QED) is 0.248. The lowest BCUT2D eigenvalue weighted by molar-refractivity contribution is -0.138. The molecule has 2 heterocycles. The minimum atomic E-state index is -4.53. The Labute approximate surface area is 209 Å². The summed E-state index contributed by atoms with van der Waals surface area (Å²) < 4.78 is 51.3.